The molecule has 1 N–H and O–H groups in total. The highest BCUT2D eigenvalue weighted by molar-refractivity contribution is 5.31. The lowest BCUT2D eigenvalue weighted by Crippen LogP contribution is -2.13. The topological polar surface area (TPSA) is 21.3 Å². The molecule has 0 aliphatic rings. The second-order valence-corrected chi connectivity index (χ2v) is 4.70. The van der Waals surface area contributed by atoms with Crippen LogP contribution in [0.3, 0.4) is 0 Å². The minimum Gasteiger partial charge on any atom is -0.489 e. The van der Waals surface area contributed by atoms with Gasteiger partial charge in [0.2, 0.25) is 0 Å². The van der Waals surface area contributed by atoms with Crippen molar-refractivity contribution < 1.29 is 17.9 Å². The summed E-state index contributed by atoms with van der Waals surface area (Å²) < 4.78 is 45.7. The van der Waals surface area contributed by atoms with Crippen molar-refractivity contribution in [3.63, 3.8) is 0 Å². The van der Waals surface area contributed by atoms with Gasteiger partial charge >= 0.3 is 0 Å². The van der Waals surface area contributed by atoms with E-state index in [-0.39, 0.29) is 24.0 Å². The average molecular weight is 295 g/mol. The quantitative estimate of drug-likeness (QED) is 0.901. The Morgan fingerprint density at radius 3 is 2.52 bits per heavy atom. The Balaban J connectivity index is 2.10. The van der Waals surface area contributed by atoms with Crippen LogP contribution in [0.15, 0.2) is 36.4 Å². The molecule has 0 aliphatic carbocycles. The Morgan fingerprint density at radius 2 is 1.86 bits per heavy atom. The van der Waals surface area contributed by atoms with Crippen LogP contribution < -0.4 is 10.1 Å². The number of hydrogen-bond acceptors (Lipinski definition) is 2. The van der Waals surface area contributed by atoms with E-state index in [4.69, 9.17) is 4.74 Å². The Labute approximate surface area is 121 Å². The van der Waals surface area contributed by atoms with Gasteiger partial charge in [-0.1, -0.05) is 18.2 Å². The summed E-state index contributed by atoms with van der Waals surface area (Å²) >= 11 is 0. The van der Waals surface area contributed by atoms with Gasteiger partial charge in [0.15, 0.2) is 11.6 Å². The summed E-state index contributed by atoms with van der Waals surface area (Å²) in [7, 11) is 1.74. The maximum Gasteiger partial charge on any atom is 0.165 e. The molecule has 2 aromatic carbocycles. The molecule has 0 spiro atoms. The first-order chi connectivity index (χ1) is 10.0. The van der Waals surface area contributed by atoms with Crippen LogP contribution >= 0.6 is 0 Å². The van der Waals surface area contributed by atoms with E-state index in [9.17, 15) is 13.2 Å². The Morgan fingerprint density at radius 1 is 1.10 bits per heavy atom. The maximum absolute atomic E-state index is 13.9. The highest BCUT2D eigenvalue weighted by Gasteiger charge is 2.11. The van der Waals surface area contributed by atoms with Gasteiger partial charge in [-0.05, 0) is 26.1 Å². The zero-order valence-corrected chi connectivity index (χ0v) is 11.8. The molecule has 0 bridgehead atoms. The van der Waals surface area contributed by atoms with Gasteiger partial charge in [0.25, 0.3) is 0 Å². The number of hydrogen-bond donors (Lipinski definition) is 1. The fourth-order valence-corrected chi connectivity index (χ4v) is 1.93. The number of nitrogens with one attached hydrogen (secondary N) is 1. The van der Waals surface area contributed by atoms with Crippen molar-refractivity contribution in [2.75, 3.05) is 7.05 Å². The predicted octanol–water partition coefficient (Wildman–Crippen LogP) is 3.96. The first-order valence-corrected chi connectivity index (χ1v) is 6.55. The summed E-state index contributed by atoms with van der Waals surface area (Å²) in [6.45, 7) is 1.67. The predicted molar refractivity (Wildman–Crippen MR) is 74.6 cm³/mol. The zero-order valence-electron chi connectivity index (χ0n) is 11.8. The van der Waals surface area contributed by atoms with Crippen molar-refractivity contribution in [1.82, 2.24) is 5.32 Å². The van der Waals surface area contributed by atoms with Crippen LogP contribution in [0.25, 0.3) is 0 Å². The normalized spacial score (nSPS) is 12.2. The number of halogens is 3. The van der Waals surface area contributed by atoms with E-state index in [1.165, 1.54) is 18.2 Å². The van der Waals surface area contributed by atoms with Crippen molar-refractivity contribution in [1.29, 1.82) is 0 Å². The molecule has 1 atom stereocenters. The molecule has 2 nitrogen and oxygen atoms in total. The van der Waals surface area contributed by atoms with E-state index in [0.717, 1.165) is 6.07 Å². The van der Waals surface area contributed by atoms with Gasteiger partial charge in [-0.3, -0.25) is 0 Å². The molecule has 1 unspecified atom stereocenters. The lowest BCUT2D eigenvalue weighted by atomic mass is 10.1. The van der Waals surface area contributed by atoms with Gasteiger partial charge in [-0.25, -0.2) is 13.2 Å². The van der Waals surface area contributed by atoms with Crippen LogP contribution in [0.4, 0.5) is 13.2 Å². The van der Waals surface area contributed by atoms with E-state index in [2.05, 4.69) is 5.32 Å². The molecular weight excluding hydrogens is 279 g/mol. The molecule has 0 radical (unpaired) electrons. The van der Waals surface area contributed by atoms with Gasteiger partial charge in [0, 0.05) is 23.2 Å². The largest absolute Gasteiger partial charge is 0.489 e. The van der Waals surface area contributed by atoms with Crippen molar-refractivity contribution >= 4 is 0 Å². The summed E-state index contributed by atoms with van der Waals surface area (Å²) in [5.74, 6) is -2.02. The van der Waals surface area contributed by atoms with E-state index >= 15 is 0 Å². The van der Waals surface area contributed by atoms with Gasteiger partial charge in [-0.2, -0.15) is 0 Å². The Kier molecular flexibility index (Phi) is 4.85. The lowest BCUT2D eigenvalue weighted by Gasteiger charge is -2.13. The number of ether oxygens (including phenoxy) is 1. The third-order valence-corrected chi connectivity index (χ3v) is 3.30. The molecule has 5 heteroatoms. The summed E-state index contributed by atoms with van der Waals surface area (Å²) in [4.78, 5) is 0. The summed E-state index contributed by atoms with van der Waals surface area (Å²) in [6.07, 6.45) is 0. The van der Waals surface area contributed by atoms with Crippen molar-refractivity contribution in [2.24, 2.45) is 0 Å². The first-order valence-electron chi connectivity index (χ1n) is 6.55. The van der Waals surface area contributed by atoms with E-state index in [0.29, 0.717) is 5.56 Å². The highest BCUT2D eigenvalue weighted by atomic mass is 19.2. The lowest BCUT2D eigenvalue weighted by molar-refractivity contribution is 0.295. The zero-order chi connectivity index (χ0) is 15.4. The summed E-state index contributed by atoms with van der Waals surface area (Å²) in [6, 6.07) is 8.17. The van der Waals surface area contributed by atoms with Gasteiger partial charge in [0.05, 0.1) is 0 Å². The standard InChI is InChI=1S/C16H16F3NO/c1-10(20-2)13-7-6-12(8-15(13)18)21-9-11-4-3-5-14(17)16(11)19/h3-8,10,20H,9H2,1-2H3. The molecule has 21 heavy (non-hydrogen) atoms. The molecule has 0 saturated carbocycles. The Bertz CT molecular complexity index is 631. The minimum absolute atomic E-state index is 0.0862. The van der Waals surface area contributed by atoms with Crippen LogP contribution in [0, 0.1) is 17.5 Å². The smallest absolute Gasteiger partial charge is 0.165 e. The van der Waals surface area contributed by atoms with Gasteiger partial charge in [0.1, 0.15) is 18.2 Å². The minimum atomic E-state index is -0.946. The van der Waals surface area contributed by atoms with Crippen LogP contribution in [0.1, 0.15) is 24.1 Å². The molecule has 2 aromatic rings. The molecular formula is C16H16F3NO. The monoisotopic (exact) mass is 295 g/mol. The fraction of sp³-hybridized carbons (Fsp3) is 0.250. The Hall–Kier alpha value is -2.01. The summed E-state index contributed by atoms with van der Waals surface area (Å²) in [5, 5.41) is 2.94. The van der Waals surface area contributed by atoms with E-state index < -0.39 is 17.5 Å². The molecule has 0 saturated heterocycles. The molecule has 0 fully saturated rings. The third kappa shape index (κ3) is 3.55. The third-order valence-electron chi connectivity index (χ3n) is 3.30. The first kappa shape index (κ1) is 15.4. The van der Waals surface area contributed by atoms with Gasteiger partial charge < -0.3 is 10.1 Å². The number of rotatable bonds is 5. The van der Waals surface area contributed by atoms with Crippen molar-refractivity contribution in [2.45, 2.75) is 19.6 Å². The second kappa shape index (κ2) is 6.63. The average Bonchev–Trinajstić information content (AvgIpc) is 2.48. The van der Waals surface area contributed by atoms with Crippen LogP contribution in [0.2, 0.25) is 0 Å². The molecule has 112 valence electrons. The maximum atomic E-state index is 13.9. The van der Waals surface area contributed by atoms with Gasteiger partial charge in [-0.15, -0.1) is 0 Å². The van der Waals surface area contributed by atoms with Crippen molar-refractivity contribution in [3.05, 3.63) is 65.0 Å². The fourth-order valence-electron chi connectivity index (χ4n) is 1.93. The summed E-state index contributed by atoms with van der Waals surface area (Å²) in [5.41, 5.74) is 0.602. The molecule has 0 aromatic heterocycles. The van der Waals surface area contributed by atoms with Crippen LogP contribution in [0.5, 0.6) is 5.75 Å². The number of benzene rings is 2. The molecule has 2 rings (SSSR count). The SMILES string of the molecule is CNC(C)c1ccc(OCc2cccc(F)c2F)cc1F. The van der Waals surface area contributed by atoms with Crippen LogP contribution in [-0.4, -0.2) is 7.05 Å². The molecule has 0 aliphatic heterocycles. The highest BCUT2D eigenvalue weighted by Crippen LogP contribution is 2.23. The van der Waals surface area contributed by atoms with E-state index in [1.807, 2.05) is 6.92 Å². The molecule has 0 amide bonds. The second-order valence-electron chi connectivity index (χ2n) is 4.70. The van der Waals surface area contributed by atoms with Crippen LogP contribution in [-0.2, 0) is 6.61 Å². The molecule has 0 heterocycles. The van der Waals surface area contributed by atoms with Crippen molar-refractivity contribution in [3.8, 4) is 5.75 Å². The van der Waals surface area contributed by atoms with E-state index in [1.54, 1.807) is 19.2 Å².